The number of anilines is 2. The molecule has 31 heavy (non-hydrogen) atoms. The molecule has 0 fully saturated rings. The summed E-state index contributed by atoms with van der Waals surface area (Å²) in [6.45, 7) is 2.75. The van der Waals surface area contributed by atoms with Crippen LogP contribution in [0, 0.1) is 0 Å². The number of allylic oxidation sites excluding steroid dienone is 1. The minimum absolute atomic E-state index is 0.197. The number of nitrogens with one attached hydrogen (secondary N) is 2. The van der Waals surface area contributed by atoms with Crippen molar-refractivity contribution in [3.63, 3.8) is 0 Å². The first-order valence-electron chi connectivity index (χ1n) is 10.9. The van der Waals surface area contributed by atoms with E-state index in [0.717, 1.165) is 46.8 Å². The van der Waals surface area contributed by atoms with E-state index in [4.69, 9.17) is 4.74 Å². The van der Waals surface area contributed by atoms with Gasteiger partial charge in [-0.25, -0.2) is 0 Å². The van der Waals surface area contributed by atoms with E-state index in [2.05, 4.69) is 53.3 Å². The van der Waals surface area contributed by atoms with Crippen molar-refractivity contribution < 1.29 is 9.53 Å². The number of fused-ring (bicyclic) bond motifs is 1. The Kier molecular flexibility index (Phi) is 5.51. The van der Waals surface area contributed by atoms with Gasteiger partial charge < -0.3 is 15.4 Å². The second kappa shape index (κ2) is 8.60. The van der Waals surface area contributed by atoms with E-state index in [9.17, 15) is 4.79 Å². The molecule has 1 aliphatic carbocycles. The van der Waals surface area contributed by atoms with Gasteiger partial charge in [0.2, 0.25) is 0 Å². The maximum atomic E-state index is 13.6. The molecule has 0 radical (unpaired) electrons. The van der Waals surface area contributed by atoms with Gasteiger partial charge >= 0.3 is 0 Å². The highest BCUT2D eigenvalue weighted by Crippen LogP contribution is 2.46. The van der Waals surface area contributed by atoms with Crippen molar-refractivity contribution in [3.05, 3.63) is 87.8 Å². The topological polar surface area (TPSA) is 50.4 Å². The Hall–Kier alpha value is -3.05. The molecule has 1 aliphatic heterocycles. The first-order chi connectivity index (χ1) is 15.2. The molecule has 0 amide bonds. The van der Waals surface area contributed by atoms with Gasteiger partial charge in [-0.2, -0.15) is 0 Å². The molecule has 4 nitrogen and oxygen atoms in total. The lowest BCUT2D eigenvalue weighted by atomic mass is 9.80. The van der Waals surface area contributed by atoms with Crippen LogP contribution in [-0.2, 0) is 4.79 Å². The van der Waals surface area contributed by atoms with Crippen LogP contribution in [-0.4, -0.2) is 12.4 Å². The second-order valence-electron chi connectivity index (χ2n) is 8.07. The molecule has 2 N–H and O–H groups in total. The van der Waals surface area contributed by atoms with Gasteiger partial charge in [0.05, 0.1) is 24.0 Å². The average Bonchev–Trinajstić information content (AvgIpc) is 3.27. The predicted molar refractivity (Wildman–Crippen MR) is 127 cm³/mol. The van der Waals surface area contributed by atoms with Gasteiger partial charge in [0.25, 0.3) is 0 Å². The molecular weight excluding hydrogens is 404 g/mol. The Morgan fingerprint density at radius 1 is 1.00 bits per heavy atom. The highest BCUT2D eigenvalue weighted by Gasteiger charge is 2.37. The molecule has 0 bridgehead atoms. The molecule has 2 unspecified atom stereocenters. The van der Waals surface area contributed by atoms with Crippen molar-refractivity contribution in [3.8, 4) is 5.75 Å². The number of rotatable bonds is 5. The van der Waals surface area contributed by atoms with Gasteiger partial charge in [0, 0.05) is 34.0 Å². The van der Waals surface area contributed by atoms with Gasteiger partial charge in [0.15, 0.2) is 5.78 Å². The smallest absolute Gasteiger partial charge is 0.163 e. The number of benzene rings is 2. The minimum atomic E-state index is -0.254. The van der Waals surface area contributed by atoms with Crippen LogP contribution in [0.3, 0.4) is 0 Å². The summed E-state index contributed by atoms with van der Waals surface area (Å²) < 4.78 is 6.07. The second-order valence-corrected chi connectivity index (χ2v) is 9.05. The Balaban J connectivity index is 1.62. The van der Waals surface area contributed by atoms with Crippen molar-refractivity contribution in [2.45, 2.75) is 38.1 Å². The van der Waals surface area contributed by atoms with E-state index in [-0.39, 0.29) is 17.7 Å². The fourth-order valence-corrected chi connectivity index (χ4v) is 5.34. The molecule has 5 rings (SSSR count). The normalized spacial score (nSPS) is 20.2. The third kappa shape index (κ3) is 3.86. The quantitative estimate of drug-likeness (QED) is 0.484. The summed E-state index contributed by atoms with van der Waals surface area (Å²) in [5.74, 6) is 1.25. The number of ketones is 1. The van der Waals surface area contributed by atoms with Gasteiger partial charge in [-0.05, 0) is 42.5 Å². The molecule has 2 heterocycles. The van der Waals surface area contributed by atoms with Crippen LogP contribution in [0.15, 0.2) is 77.3 Å². The highest BCUT2D eigenvalue weighted by molar-refractivity contribution is 7.10. The standard InChI is InChI=1S/C26H26N2O2S/c1-2-13-30-23-11-6-3-8-18(23)26-25-21(27-19-9-4-5-10-20(19)28-26)15-17(16-22(25)29)24-12-7-14-31-24/h3-12,14,17,26-28H,2,13,15-16H2,1H3. The van der Waals surface area contributed by atoms with E-state index in [1.54, 1.807) is 11.3 Å². The highest BCUT2D eigenvalue weighted by atomic mass is 32.1. The van der Waals surface area contributed by atoms with Gasteiger partial charge in [-0.3, -0.25) is 4.79 Å². The Morgan fingerprint density at radius 3 is 2.61 bits per heavy atom. The van der Waals surface area contributed by atoms with Gasteiger partial charge in [0.1, 0.15) is 5.75 Å². The summed E-state index contributed by atoms with van der Waals surface area (Å²) in [6.07, 6.45) is 2.30. The lowest BCUT2D eigenvalue weighted by Crippen LogP contribution is -2.27. The third-order valence-electron chi connectivity index (χ3n) is 5.95. The summed E-state index contributed by atoms with van der Waals surface area (Å²) in [5.41, 5.74) is 4.85. The van der Waals surface area contributed by atoms with Gasteiger partial charge in [-0.1, -0.05) is 43.3 Å². The largest absolute Gasteiger partial charge is 0.493 e. The zero-order valence-electron chi connectivity index (χ0n) is 17.6. The minimum Gasteiger partial charge on any atom is -0.493 e. The predicted octanol–water partition coefficient (Wildman–Crippen LogP) is 6.52. The summed E-state index contributed by atoms with van der Waals surface area (Å²) in [7, 11) is 0. The van der Waals surface area contributed by atoms with Crippen LogP contribution in [0.4, 0.5) is 11.4 Å². The first kappa shape index (κ1) is 19.9. The maximum absolute atomic E-state index is 13.6. The molecule has 3 aromatic rings. The molecular formula is C26H26N2O2S. The Morgan fingerprint density at radius 2 is 1.81 bits per heavy atom. The molecule has 5 heteroatoms. The van der Waals surface area contributed by atoms with Gasteiger partial charge in [-0.15, -0.1) is 11.3 Å². The summed E-state index contributed by atoms with van der Waals surface area (Å²) in [4.78, 5) is 14.8. The number of hydrogen-bond donors (Lipinski definition) is 2. The van der Waals surface area contributed by atoms with Crippen molar-refractivity contribution in [2.24, 2.45) is 0 Å². The summed E-state index contributed by atoms with van der Waals surface area (Å²) >= 11 is 1.73. The van der Waals surface area contributed by atoms with Crippen LogP contribution in [0.2, 0.25) is 0 Å². The Bertz CT molecular complexity index is 1120. The number of carbonyl (C=O) groups is 1. The van der Waals surface area contributed by atoms with E-state index >= 15 is 0 Å². The first-order valence-corrected chi connectivity index (χ1v) is 11.8. The lowest BCUT2D eigenvalue weighted by molar-refractivity contribution is -0.116. The third-order valence-corrected chi connectivity index (χ3v) is 6.98. The van der Waals surface area contributed by atoms with Crippen molar-refractivity contribution in [1.82, 2.24) is 0 Å². The van der Waals surface area contributed by atoms with E-state index in [1.165, 1.54) is 4.88 Å². The molecule has 1 aromatic heterocycles. The average molecular weight is 431 g/mol. The molecule has 0 spiro atoms. The number of thiophene rings is 1. The van der Waals surface area contributed by atoms with Crippen LogP contribution in [0.5, 0.6) is 5.75 Å². The van der Waals surface area contributed by atoms with Crippen LogP contribution in [0.25, 0.3) is 0 Å². The van der Waals surface area contributed by atoms with E-state index < -0.39 is 0 Å². The van der Waals surface area contributed by atoms with Crippen molar-refractivity contribution in [2.75, 3.05) is 17.2 Å². The monoisotopic (exact) mass is 430 g/mol. The fourth-order valence-electron chi connectivity index (χ4n) is 4.51. The Labute approximate surface area is 187 Å². The number of Topliss-reactive ketones (excluding diaryl/α,β-unsaturated/α-hetero) is 1. The number of ether oxygens (including phenoxy) is 1. The summed E-state index contributed by atoms with van der Waals surface area (Å²) in [5, 5.41) is 9.35. The number of para-hydroxylation sites is 3. The molecule has 2 aliphatic rings. The SMILES string of the molecule is CCCOc1ccccc1C1Nc2ccccc2NC2=C1C(=O)CC(c1cccs1)C2. The fraction of sp³-hybridized carbons (Fsp3) is 0.269. The number of hydrogen-bond acceptors (Lipinski definition) is 5. The molecule has 0 saturated carbocycles. The van der Waals surface area contributed by atoms with Crippen LogP contribution < -0.4 is 15.4 Å². The van der Waals surface area contributed by atoms with Crippen LogP contribution in [0.1, 0.15) is 48.6 Å². The van der Waals surface area contributed by atoms with Crippen molar-refractivity contribution >= 4 is 28.5 Å². The molecule has 0 saturated heterocycles. The molecule has 158 valence electrons. The lowest BCUT2D eigenvalue weighted by Gasteiger charge is -2.30. The van der Waals surface area contributed by atoms with Crippen molar-refractivity contribution in [1.29, 1.82) is 0 Å². The zero-order valence-corrected chi connectivity index (χ0v) is 18.4. The van der Waals surface area contributed by atoms with E-state index in [1.807, 2.05) is 30.3 Å². The molecule has 2 aromatic carbocycles. The zero-order chi connectivity index (χ0) is 21.2. The maximum Gasteiger partial charge on any atom is 0.163 e. The molecule has 2 atom stereocenters. The number of carbonyl (C=O) groups excluding carboxylic acids is 1. The summed E-state index contributed by atoms with van der Waals surface area (Å²) in [6, 6.07) is 20.2. The van der Waals surface area contributed by atoms with E-state index in [0.29, 0.717) is 13.0 Å². The van der Waals surface area contributed by atoms with Crippen LogP contribution >= 0.6 is 11.3 Å².